The van der Waals surface area contributed by atoms with Crippen molar-refractivity contribution < 1.29 is 29.3 Å². The Hall–Kier alpha value is -3.28. The summed E-state index contributed by atoms with van der Waals surface area (Å²) in [6.45, 7) is 2.11. The third kappa shape index (κ3) is 6.89. The number of aliphatic hydroxyl groups excluding tert-OH is 1. The highest BCUT2D eigenvalue weighted by Crippen LogP contribution is 2.43. The average molecular weight is 579 g/mol. The van der Waals surface area contributed by atoms with Crippen molar-refractivity contribution in [3.05, 3.63) is 89.5 Å². The Morgan fingerprint density at radius 1 is 0.975 bits per heavy atom. The second-order valence-corrected chi connectivity index (χ2v) is 11.9. The zero-order valence-corrected chi connectivity index (χ0v) is 23.5. The first kappa shape index (κ1) is 28.3. The van der Waals surface area contributed by atoms with E-state index in [1.165, 1.54) is 0 Å². The van der Waals surface area contributed by atoms with Crippen molar-refractivity contribution in [2.75, 3.05) is 11.1 Å². The van der Waals surface area contributed by atoms with Crippen molar-refractivity contribution in [2.45, 2.75) is 49.2 Å². The number of carboxylic acids is 1. The van der Waals surface area contributed by atoms with E-state index in [-0.39, 0.29) is 43.5 Å². The zero-order valence-electron chi connectivity index (χ0n) is 21.9. The minimum Gasteiger partial charge on any atom is -0.481 e. The van der Waals surface area contributed by atoms with E-state index >= 15 is 0 Å². The topological polar surface area (TPSA) is 118 Å². The Bertz CT molecular complexity index is 1420. The number of aliphatic hydroxyl groups is 1. The van der Waals surface area contributed by atoms with E-state index in [1.807, 2.05) is 54.6 Å². The van der Waals surface area contributed by atoms with Crippen LogP contribution in [0.25, 0.3) is 10.2 Å². The Balaban J connectivity index is 1.33. The monoisotopic (exact) mass is 578 g/mol. The summed E-state index contributed by atoms with van der Waals surface area (Å²) in [5, 5.41) is 21.0. The number of fused-ring (bicyclic) bond motifs is 1. The molecule has 40 heavy (non-hydrogen) atoms. The van der Waals surface area contributed by atoms with Crippen LogP contribution in [0.2, 0.25) is 0 Å². The van der Waals surface area contributed by atoms with Crippen LogP contribution >= 0.6 is 23.1 Å². The van der Waals surface area contributed by atoms with Gasteiger partial charge in [0.15, 0.2) is 10.6 Å². The molecule has 3 N–H and O–H groups in total. The van der Waals surface area contributed by atoms with Gasteiger partial charge in [-0.25, -0.2) is 4.98 Å². The highest BCUT2D eigenvalue weighted by Gasteiger charge is 2.38. The number of carboxylic acid groups (broad SMARTS) is 1. The second kappa shape index (κ2) is 12.9. The zero-order chi connectivity index (χ0) is 28.1. The molecule has 2 heterocycles. The van der Waals surface area contributed by atoms with Crippen LogP contribution in [-0.4, -0.2) is 38.9 Å². The molecular weight excluding hydrogens is 548 g/mol. The summed E-state index contributed by atoms with van der Waals surface area (Å²) in [7, 11) is 0. The highest BCUT2D eigenvalue weighted by molar-refractivity contribution is 8.01. The third-order valence-electron chi connectivity index (χ3n) is 6.80. The first-order valence-electron chi connectivity index (χ1n) is 13.0. The number of aliphatic carboxylic acids is 1. The van der Waals surface area contributed by atoms with Gasteiger partial charge in [-0.15, -0.1) is 11.3 Å². The van der Waals surface area contributed by atoms with Crippen LogP contribution in [0.5, 0.6) is 0 Å². The molecule has 5 rings (SSSR count). The number of ether oxygens (including phenoxy) is 2. The van der Waals surface area contributed by atoms with E-state index in [1.54, 1.807) is 35.2 Å². The number of nitrogens with one attached hydrogen (secondary N) is 1. The minimum atomic E-state index is -1.01. The maximum atomic E-state index is 12.0. The van der Waals surface area contributed by atoms with E-state index in [0.29, 0.717) is 11.4 Å². The molecule has 1 aliphatic heterocycles. The fourth-order valence-corrected chi connectivity index (χ4v) is 6.80. The normalized spacial score (nSPS) is 20.9. The van der Waals surface area contributed by atoms with Gasteiger partial charge in [-0.3, -0.25) is 9.59 Å². The molecule has 10 heteroatoms. The molecule has 0 radical (unpaired) electrons. The van der Waals surface area contributed by atoms with Crippen LogP contribution in [0.4, 0.5) is 5.69 Å². The summed E-state index contributed by atoms with van der Waals surface area (Å²) < 4.78 is 15.2. The molecule has 8 nitrogen and oxygen atoms in total. The molecule has 0 bridgehead atoms. The molecule has 1 amide bonds. The maximum Gasteiger partial charge on any atom is 0.303 e. The molecule has 0 saturated carbocycles. The van der Waals surface area contributed by atoms with Crippen molar-refractivity contribution in [1.82, 2.24) is 4.98 Å². The quantitative estimate of drug-likeness (QED) is 0.191. The van der Waals surface area contributed by atoms with Crippen LogP contribution in [0.1, 0.15) is 48.8 Å². The molecule has 4 aromatic rings. The van der Waals surface area contributed by atoms with Gasteiger partial charge in [-0.2, -0.15) is 0 Å². The Labute approximate surface area is 240 Å². The van der Waals surface area contributed by atoms with Crippen LogP contribution in [-0.2, 0) is 25.7 Å². The maximum absolute atomic E-state index is 12.0. The summed E-state index contributed by atoms with van der Waals surface area (Å²) in [6, 6.07) is 23.1. The lowest BCUT2D eigenvalue weighted by Gasteiger charge is -2.41. The molecule has 1 saturated heterocycles. The smallest absolute Gasteiger partial charge is 0.303 e. The minimum absolute atomic E-state index is 0.0201. The van der Waals surface area contributed by atoms with E-state index in [4.69, 9.17) is 19.6 Å². The molecule has 1 fully saturated rings. The number of thioether (sulfide) groups is 1. The number of amides is 1. The number of thiazole rings is 1. The SMILES string of the molecule is C[C@H]1[C@@H](CSc2nc3ccccc3s2)O[C@@H](c2ccc(NC(=O)CCC(=O)O)cc2)O[C@H]1c1ccc(CO)cc1. The van der Waals surface area contributed by atoms with Crippen molar-refractivity contribution in [1.29, 1.82) is 0 Å². The van der Waals surface area contributed by atoms with Gasteiger partial charge in [0.25, 0.3) is 0 Å². The molecule has 0 unspecified atom stereocenters. The summed E-state index contributed by atoms with van der Waals surface area (Å²) >= 11 is 3.35. The molecule has 0 aliphatic carbocycles. The van der Waals surface area contributed by atoms with Gasteiger partial charge in [0.2, 0.25) is 5.91 Å². The Morgan fingerprint density at radius 3 is 2.40 bits per heavy atom. The van der Waals surface area contributed by atoms with Crippen molar-refractivity contribution in [3.8, 4) is 0 Å². The van der Waals surface area contributed by atoms with E-state index in [9.17, 15) is 14.7 Å². The second-order valence-electron chi connectivity index (χ2n) is 9.64. The summed E-state index contributed by atoms with van der Waals surface area (Å²) in [4.78, 5) is 27.5. The van der Waals surface area contributed by atoms with Crippen LogP contribution in [0.15, 0.2) is 77.1 Å². The van der Waals surface area contributed by atoms with Gasteiger partial charge in [0.1, 0.15) is 0 Å². The standard InChI is InChI=1S/C30H30N2O6S2/c1-18-24(17-39-30-32-23-4-2-3-5-25(23)40-30)37-29(38-28(18)20-8-6-19(16-33)7-9-20)21-10-12-22(13-11-21)31-26(34)14-15-27(35)36/h2-13,18,24,28-29,33H,14-17H2,1H3,(H,31,34)(H,35,36)/t18-,24+,28+,29+/m0/s1. The van der Waals surface area contributed by atoms with Crippen molar-refractivity contribution >= 4 is 50.9 Å². The Morgan fingerprint density at radius 2 is 1.70 bits per heavy atom. The molecule has 208 valence electrons. The number of anilines is 1. The fourth-order valence-electron chi connectivity index (χ4n) is 4.54. The molecular formula is C30H30N2O6S2. The number of benzene rings is 3. The lowest BCUT2D eigenvalue weighted by molar-refractivity contribution is -0.268. The van der Waals surface area contributed by atoms with Crippen molar-refractivity contribution in [3.63, 3.8) is 0 Å². The highest BCUT2D eigenvalue weighted by atomic mass is 32.2. The van der Waals surface area contributed by atoms with Gasteiger partial charge in [-0.05, 0) is 35.4 Å². The van der Waals surface area contributed by atoms with Gasteiger partial charge < -0.3 is 25.0 Å². The van der Waals surface area contributed by atoms with E-state index < -0.39 is 12.3 Å². The van der Waals surface area contributed by atoms with Gasteiger partial charge in [0, 0.05) is 29.3 Å². The number of carbonyl (C=O) groups is 2. The molecule has 3 aromatic carbocycles. The Kier molecular flexibility index (Phi) is 9.13. The first-order valence-corrected chi connectivity index (χ1v) is 14.8. The number of hydrogen-bond acceptors (Lipinski definition) is 8. The number of carbonyl (C=O) groups excluding carboxylic acids is 1. The van der Waals surface area contributed by atoms with Crippen LogP contribution in [0, 0.1) is 5.92 Å². The number of hydrogen-bond donors (Lipinski definition) is 3. The fraction of sp³-hybridized carbons (Fsp3) is 0.300. The summed E-state index contributed by atoms with van der Waals surface area (Å²) in [6.07, 6.45) is -1.30. The van der Waals surface area contributed by atoms with Crippen LogP contribution in [0.3, 0.4) is 0 Å². The molecule has 0 spiro atoms. The van der Waals surface area contributed by atoms with Gasteiger partial charge in [-0.1, -0.05) is 67.2 Å². The van der Waals surface area contributed by atoms with Gasteiger partial charge >= 0.3 is 5.97 Å². The average Bonchev–Trinajstić information content (AvgIpc) is 3.39. The van der Waals surface area contributed by atoms with Crippen molar-refractivity contribution in [2.24, 2.45) is 5.92 Å². The summed E-state index contributed by atoms with van der Waals surface area (Å²) in [5.74, 6) is -0.620. The number of rotatable bonds is 10. The first-order chi connectivity index (χ1) is 19.4. The van der Waals surface area contributed by atoms with E-state index in [0.717, 1.165) is 31.2 Å². The third-order valence-corrected chi connectivity index (χ3v) is 9.07. The number of aromatic nitrogens is 1. The lowest BCUT2D eigenvalue weighted by Crippen LogP contribution is -2.38. The van der Waals surface area contributed by atoms with Gasteiger partial charge in [0.05, 0.1) is 35.5 Å². The largest absolute Gasteiger partial charge is 0.481 e. The number of para-hydroxylation sites is 1. The van der Waals surface area contributed by atoms with Crippen LogP contribution < -0.4 is 5.32 Å². The van der Waals surface area contributed by atoms with E-state index in [2.05, 4.69) is 18.3 Å². The number of nitrogens with zero attached hydrogens (tertiary/aromatic N) is 1. The molecule has 4 atom stereocenters. The lowest BCUT2D eigenvalue weighted by atomic mass is 9.91. The molecule has 1 aromatic heterocycles. The summed E-state index contributed by atoms with van der Waals surface area (Å²) in [5.41, 5.74) is 4.22. The molecule has 1 aliphatic rings. The predicted octanol–water partition coefficient (Wildman–Crippen LogP) is 6.18. The predicted molar refractivity (Wildman–Crippen MR) is 155 cm³/mol.